The molecular weight excluding hydrogens is 238 g/mol. The average molecular weight is 263 g/mol. The molecular formula is C16H25NO2. The second-order valence-corrected chi connectivity index (χ2v) is 5.64. The van der Waals surface area contributed by atoms with Gasteiger partial charge in [0.1, 0.15) is 0 Å². The topological polar surface area (TPSA) is 30.5 Å². The van der Waals surface area contributed by atoms with Crippen LogP contribution in [0.4, 0.5) is 0 Å². The van der Waals surface area contributed by atoms with Gasteiger partial charge in [0, 0.05) is 12.0 Å². The Morgan fingerprint density at radius 1 is 1.21 bits per heavy atom. The van der Waals surface area contributed by atoms with Gasteiger partial charge in [0.25, 0.3) is 0 Å². The van der Waals surface area contributed by atoms with Crippen molar-refractivity contribution in [2.45, 2.75) is 32.1 Å². The van der Waals surface area contributed by atoms with E-state index >= 15 is 0 Å². The first-order chi connectivity index (χ1) is 9.15. The van der Waals surface area contributed by atoms with E-state index in [9.17, 15) is 0 Å². The maximum atomic E-state index is 5.43. The third-order valence-corrected chi connectivity index (χ3v) is 4.19. The Morgan fingerprint density at radius 3 is 2.42 bits per heavy atom. The molecule has 19 heavy (non-hydrogen) atoms. The average Bonchev–Trinajstić information content (AvgIpc) is 2.41. The summed E-state index contributed by atoms with van der Waals surface area (Å²) < 4.78 is 10.7. The summed E-state index contributed by atoms with van der Waals surface area (Å²) in [7, 11) is 3.37. The molecule has 2 rings (SSSR count). The molecule has 106 valence electrons. The number of hydrogen-bond acceptors (Lipinski definition) is 3. The molecule has 3 nitrogen and oxygen atoms in total. The molecule has 1 saturated carbocycles. The summed E-state index contributed by atoms with van der Waals surface area (Å²) in [5, 5.41) is 3.50. The van der Waals surface area contributed by atoms with Crippen LogP contribution in [0, 0.1) is 5.92 Å². The van der Waals surface area contributed by atoms with Crippen LogP contribution in [0.15, 0.2) is 18.2 Å². The maximum Gasteiger partial charge on any atom is 0.161 e. The maximum absolute atomic E-state index is 5.43. The molecule has 0 bridgehead atoms. The van der Waals surface area contributed by atoms with Crippen LogP contribution in [0.5, 0.6) is 11.5 Å². The lowest BCUT2D eigenvalue weighted by Gasteiger charge is -2.47. The lowest BCUT2D eigenvalue weighted by atomic mass is 9.59. The largest absolute Gasteiger partial charge is 0.493 e. The molecule has 0 unspecified atom stereocenters. The number of benzene rings is 1. The minimum Gasteiger partial charge on any atom is -0.493 e. The zero-order valence-electron chi connectivity index (χ0n) is 12.5. The molecule has 0 amide bonds. The number of rotatable bonds is 6. The Morgan fingerprint density at radius 2 is 1.89 bits per heavy atom. The number of methoxy groups -OCH3 is 2. The molecule has 0 atom stereocenters. The molecule has 1 fully saturated rings. The highest BCUT2D eigenvalue weighted by Gasteiger charge is 2.43. The second kappa shape index (κ2) is 5.83. The predicted octanol–water partition coefficient (Wildman–Crippen LogP) is 2.98. The molecule has 3 heteroatoms. The highest BCUT2D eigenvalue weighted by molar-refractivity contribution is 5.46. The molecule has 0 aromatic heterocycles. The Kier molecular flexibility index (Phi) is 4.35. The minimum absolute atomic E-state index is 0.273. The van der Waals surface area contributed by atoms with E-state index in [4.69, 9.17) is 9.47 Å². The van der Waals surface area contributed by atoms with E-state index in [2.05, 4.69) is 31.3 Å². The van der Waals surface area contributed by atoms with Gasteiger partial charge in [-0.25, -0.2) is 0 Å². The van der Waals surface area contributed by atoms with Crippen molar-refractivity contribution in [3.8, 4) is 11.5 Å². The monoisotopic (exact) mass is 263 g/mol. The van der Waals surface area contributed by atoms with Crippen molar-refractivity contribution in [2.24, 2.45) is 5.92 Å². The number of likely N-dealkylation sites (N-methyl/N-ethyl adjacent to an activating group) is 1. The lowest BCUT2D eigenvalue weighted by Crippen LogP contribution is -2.47. The van der Waals surface area contributed by atoms with Crippen molar-refractivity contribution in [2.75, 3.05) is 27.3 Å². The number of hydrogen-bond donors (Lipinski definition) is 1. The highest BCUT2D eigenvalue weighted by atomic mass is 16.5. The van der Waals surface area contributed by atoms with Gasteiger partial charge in [0.05, 0.1) is 14.2 Å². The Balaban J connectivity index is 2.27. The normalized spacial score (nSPS) is 25.8. The molecule has 0 aliphatic heterocycles. The first-order valence-electron chi connectivity index (χ1n) is 7.08. The zero-order valence-corrected chi connectivity index (χ0v) is 12.5. The molecule has 1 aliphatic carbocycles. The van der Waals surface area contributed by atoms with E-state index < -0.39 is 0 Å². The van der Waals surface area contributed by atoms with E-state index in [0.717, 1.165) is 30.5 Å². The number of ether oxygens (including phenoxy) is 2. The molecule has 0 spiro atoms. The Bertz CT molecular complexity index is 425. The van der Waals surface area contributed by atoms with Crippen molar-refractivity contribution >= 4 is 0 Å². The third kappa shape index (κ3) is 2.71. The van der Waals surface area contributed by atoms with Crippen LogP contribution in [-0.4, -0.2) is 27.3 Å². The van der Waals surface area contributed by atoms with Gasteiger partial charge in [-0.1, -0.05) is 19.9 Å². The van der Waals surface area contributed by atoms with Crippen LogP contribution in [0.1, 0.15) is 32.3 Å². The van der Waals surface area contributed by atoms with Gasteiger partial charge in [-0.3, -0.25) is 0 Å². The van der Waals surface area contributed by atoms with E-state index in [1.165, 1.54) is 18.4 Å². The van der Waals surface area contributed by atoms with Crippen LogP contribution < -0.4 is 14.8 Å². The van der Waals surface area contributed by atoms with Gasteiger partial charge in [-0.05, 0) is 43.0 Å². The summed E-state index contributed by atoms with van der Waals surface area (Å²) in [4.78, 5) is 0. The molecule has 1 aromatic rings. The van der Waals surface area contributed by atoms with Crippen LogP contribution in [0.3, 0.4) is 0 Å². The Hall–Kier alpha value is -1.22. The summed E-state index contributed by atoms with van der Waals surface area (Å²) in [6.45, 7) is 6.54. The van der Waals surface area contributed by atoms with Crippen LogP contribution in [0.25, 0.3) is 0 Å². The van der Waals surface area contributed by atoms with Crippen LogP contribution >= 0.6 is 0 Å². The van der Waals surface area contributed by atoms with Gasteiger partial charge in [-0.15, -0.1) is 0 Å². The fourth-order valence-electron chi connectivity index (χ4n) is 3.29. The van der Waals surface area contributed by atoms with Gasteiger partial charge in [-0.2, -0.15) is 0 Å². The summed E-state index contributed by atoms with van der Waals surface area (Å²) in [5.41, 5.74) is 1.64. The van der Waals surface area contributed by atoms with E-state index in [1.54, 1.807) is 14.2 Å². The van der Waals surface area contributed by atoms with Gasteiger partial charge < -0.3 is 14.8 Å². The van der Waals surface area contributed by atoms with Crippen molar-refractivity contribution in [3.05, 3.63) is 23.8 Å². The van der Waals surface area contributed by atoms with Crippen LogP contribution in [0.2, 0.25) is 0 Å². The molecule has 0 radical (unpaired) electrons. The fourth-order valence-corrected chi connectivity index (χ4v) is 3.29. The first kappa shape index (κ1) is 14.2. The van der Waals surface area contributed by atoms with Gasteiger partial charge in [0.15, 0.2) is 11.5 Å². The lowest BCUT2D eigenvalue weighted by molar-refractivity contribution is 0.153. The molecule has 0 saturated heterocycles. The number of nitrogens with one attached hydrogen (secondary N) is 1. The molecule has 0 heterocycles. The second-order valence-electron chi connectivity index (χ2n) is 5.64. The summed E-state index contributed by atoms with van der Waals surface area (Å²) in [5.74, 6) is 2.44. The molecule has 1 aliphatic rings. The molecule has 1 N–H and O–H groups in total. The molecule has 1 aromatic carbocycles. The van der Waals surface area contributed by atoms with Crippen molar-refractivity contribution in [1.29, 1.82) is 0 Å². The fraction of sp³-hybridized carbons (Fsp3) is 0.625. The van der Waals surface area contributed by atoms with E-state index in [-0.39, 0.29) is 5.41 Å². The predicted molar refractivity (Wildman–Crippen MR) is 78.2 cm³/mol. The smallest absolute Gasteiger partial charge is 0.161 e. The van der Waals surface area contributed by atoms with Crippen molar-refractivity contribution < 1.29 is 9.47 Å². The van der Waals surface area contributed by atoms with E-state index in [0.29, 0.717) is 0 Å². The minimum atomic E-state index is 0.273. The van der Waals surface area contributed by atoms with E-state index in [1.807, 2.05) is 6.07 Å². The highest BCUT2D eigenvalue weighted by Crippen LogP contribution is 2.48. The first-order valence-corrected chi connectivity index (χ1v) is 7.08. The zero-order chi connectivity index (χ0) is 13.9. The standard InChI is InChI=1S/C16H25NO2/c1-5-17-11-16(9-12(2)10-16)13-6-7-14(18-3)15(8-13)19-4/h6-8,12,17H,5,9-11H2,1-4H3. The summed E-state index contributed by atoms with van der Waals surface area (Å²) in [6, 6.07) is 6.34. The SMILES string of the molecule is CCNCC1(c2ccc(OC)c(OC)c2)CC(C)C1. The quantitative estimate of drug-likeness (QED) is 0.856. The third-order valence-electron chi connectivity index (χ3n) is 4.19. The van der Waals surface area contributed by atoms with Gasteiger partial charge >= 0.3 is 0 Å². The van der Waals surface area contributed by atoms with Gasteiger partial charge in [0.2, 0.25) is 0 Å². The summed E-state index contributed by atoms with van der Waals surface area (Å²) in [6.07, 6.45) is 2.49. The summed E-state index contributed by atoms with van der Waals surface area (Å²) >= 11 is 0. The van der Waals surface area contributed by atoms with Crippen molar-refractivity contribution in [3.63, 3.8) is 0 Å². The van der Waals surface area contributed by atoms with Crippen LogP contribution in [-0.2, 0) is 5.41 Å². The Labute approximate surface area is 116 Å². The van der Waals surface area contributed by atoms with Crippen molar-refractivity contribution in [1.82, 2.24) is 5.32 Å².